The molecule has 0 radical (unpaired) electrons. The fraction of sp³-hybridized carbons (Fsp3) is 0.737. The van der Waals surface area contributed by atoms with Crippen molar-refractivity contribution < 1.29 is 0 Å². The van der Waals surface area contributed by atoms with E-state index in [-0.39, 0.29) is 24.8 Å². The van der Waals surface area contributed by atoms with Crippen LogP contribution in [0.1, 0.15) is 18.5 Å². The fourth-order valence-electron chi connectivity index (χ4n) is 8.00. The van der Waals surface area contributed by atoms with Gasteiger partial charge in [-0.3, -0.25) is 4.98 Å². The molecule has 1 aromatic heterocycles. The first-order valence-corrected chi connectivity index (χ1v) is 8.95. The average Bonchev–Trinajstić information content (AvgIpc) is 3.05. The Hall–Kier alpha value is -0.310. The molecule has 5 fully saturated rings. The Bertz CT molecular complexity index is 588. The van der Waals surface area contributed by atoms with Crippen LogP contribution < -0.4 is 0 Å². The molecule has 126 valence electrons. The number of hydrogen-bond donors (Lipinski definition) is 0. The summed E-state index contributed by atoms with van der Waals surface area (Å²) >= 11 is 0. The van der Waals surface area contributed by atoms with E-state index in [9.17, 15) is 0 Å². The van der Waals surface area contributed by atoms with Crippen molar-refractivity contribution in [3.8, 4) is 0 Å². The molecular weight excluding hydrogens is 327 g/mol. The molecular formula is C19H26Cl2N2. The second-order valence-corrected chi connectivity index (χ2v) is 8.48. The number of aromatic nitrogens is 1. The van der Waals surface area contributed by atoms with Crippen molar-refractivity contribution in [1.29, 1.82) is 0 Å². The minimum absolute atomic E-state index is 0. The van der Waals surface area contributed by atoms with Crippen LogP contribution in [0.2, 0.25) is 0 Å². The summed E-state index contributed by atoms with van der Waals surface area (Å²) in [5, 5.41) is 0. The van der Waals surface area contributed by atoms with Gasteiger partial charge in [0.2, 0.25) is 0 Å². The zero-order valence-electron chi connectivity index (χ0n) is 13.5. The molecule has 0 unspecified atom stereocenters. The molecule has 9 atom stereocenters. The van der Waals surface area contributed by atoms with Crippen LogP contribution in [0.4, 0.5) is 0 Å². The van der Waals surface area contributed by atoms with Crippen molar-refractivity contribution in [2.24, 2.45) is 47.3 Å². The molecule has 23 heavy (non-hydrogen) atoms. The lowest BCUT2D eigenvalue weighted by molar-refractivity contribution is -0.0197. The molecule has 5 aliphatic rings. The number of likely N-dealkylation sites (N-methyl/N-ethyl adjacent to an activating group) is 1. The van der Waals surface area contributed by atoms with E-state index in [0.29, 0.717) is 0 Å². The fourth-order valence-corrected chi connectivity index (χ4v) is 8.00. The van der Waals surface area contributed by atoms with Gasteiger partial charge in [-0.15, -0.1) is 24.8 Å². The summed E-state index contributed by atoms with van der Waals surface area (Å²) in [6.45, 7) is 1.20. The predicted octanol–water partition coefficient (Wildman–Crippen LogP) is 3.55. The van der Waals surface area contributed by atoms with Gasteiger partial charge in [0.05, 0.1) is 0 Å². The molecule has 5 saturated carbocycles. The minimum atomic E-state index is 0. The summed E-state index contributed by atoms with van der Waals surface area (Å²) in [4.78, 5) is 7.23. The van der Waals surface area contributed by atoms with Crippen molar-refractivity contribution in [3.63, 3.8) is 0 Å². The Morgan fingerprint density at radius 2 is 1.70 bits per heavy atom. The summed E-state index contributed by atoms with van der Waals surface area (Å²) in [5.41, 5.74) is 1.26. The number of rotatable bonds is 4. The van der Waals surface area contributed by atoms with Gasteiger partial charge in [0.25, 0.3) is 0 Å². The minimum Gasteiger partial charge on any atom is -0.302 e. The first-order chi connectivity index (χ1) is 10.3. The number of fused-ring (bicyclic) bond motifs is 2. The molecule has 0 aliphatic heterocycles. The third kappa shape index (κ3) is 1.78. The van der Waals surface area contributed by atoms with E-state index in [1.165, 1.54) is 24.1 Å². The highest BCUT2D eigenvalue weighted by Crippen LogP contribution is 2.83. The summed E-state index contributed by atoms with van der Waals surface area (Å²) < 4.78 is 0. The summed E-state index contributed by atoms with van der Waals surface area (Å²) in [6, 6.07) is 7.24. The molecule has 0 amide bonds. The van der Waals surface area contributed by atoms with Gasteiger partial charge in [0.15, 0.2) is 0 Å². The molecule has 0 aromatic carbocycles. The highest BCUT2D eigenvalue weighted by molar-refractivity contribution is 5.85. The third-order valence-corrected chi connectivity index (χ3v) is 8.24. The van der Waals surface area contributed by atoms with E-state index in [0.717, 1.165) is 48.0 Å². The van der Waals surface area contributed by atoms with Gasteiger partial charge in [-0.25, -0.2) is 0 Å². The van der Waals surface area contributed by atoms with Crippen LogP contribution in [0.15, 0.2) is 24.4 Å². The van der Waals surface area contributed by atoms with Gasteiger partial charge in [0, 0.05) is 30.9 Å². The van der Waals surface area contributed by atoms with Crippen LogP contribution in [0, 0.1) is 47.3 Å². The molecule has 1 heterocycles. The van der Waals surface area contributed by atoms with E-state index in [4.69, 9.17) is 0 Å². The van der Waals surface area contributed by atoms with Gasteiger partial charge < -0.3 is 4.90 Å². The summed E-state index contributed by atoms with van der Waals surface area (Å²) in [5.74, 6) is 9.08. The number of pyridine rings is 1. The number of hydrogen-bond acceptors (Lipinski definition) is 2. The van der Waals surface area contributed by atoms with Crippen LogP contribution >= 0.6 is 24.8 Å². The Kier molecular flexibility index (Phi) is 3.76. The summed E-state index contributed by atoms with van der Waals surface area (Å²) in [7, 11) is 2.40. The molecule has 6 rings (SSSR count). The number of halogens is 2. The predicted molar refractivity (Wildman–Crippen MR) is 96.0 cm³/mol. The smallest absolute Gasteiger partial charge is 0.0416 e. The van der Waals surface area contributed by atoms with Crippen LogP contribution in [0.5, 0.6) is 0 Å². The second-order valence-electron chi connectivity index (χ2n) is 8.48. The Morgan fingerprint density at radius 1 is 0.957 bits per heavy atom. The Labute approximate surface area is 151 Å². The monoisotopic (exact) mass is 352 g/mol. The standard InChI is InChI=1S/C19H24N2.2ClH/c1-21(7-5-10-4-2-3-6-20-10)19-16-12-9-13-15-11(12)8-14(16)17(15)18(13)19;;/h2-4,6,11-19H,5,7-9H2,1H3;2*1H/t11-,12-,13+,14+,15+,16-,17-,18-,19-;;/m0../s1. The first-order valence-electron chi connectivity index (χ1n) is 8.95. The molecule has 0 N–H and O–H groups in total. The zero-order valence-corrected chi connectivity index (χ0v) is 15.2. The van der Waals surface area contributed by atoms with Gasteiger partial charge in [-0.05, 0) is 79.4 Å². The number of nitrogens with zero attached hydrogens (tertiary/aromatic N) is 2. The lowest BCUT2D eigenvalue weighted by Gasteiger charge is -2.50. The third-order valence-electron chi connectivity index (χ3n) is 8.24. The molecule has 0 spiro atoms. The maximum Gasteiger partial charge on any atom is 0.0416 e. The Morgan fingerprint density at radius 3 is 2.43 bits per heavy atom. The van der Waals surface area contributed by atoms with E-state index >= 15 is 0 Å². The Balaban J connectivity index is 0.000000676. The van der Waals surface area contributed by atoms with Crippen LogP contribution in [-0.2, 0) is 6.42 Å². The quantitative estimate of drug-likeness (QED) is 0.823. The van der Waals surface area contributed by atoms with Gasteiger partial charge >= 0.3 is 0 Å². The van der Waals surface area contributed by atoms with Crippen LogP contribution in [-0.4, -0.2) is 29.5 Å². The SMILES string of the molecule is CN(CCc1ccccn1)[C@H]1[C@H]2[C@H]3C[C@@H]4[C@H]5[C@H]3C[C@H]2[C@@H]5[C@H]41.Cl.Cl. The van der Waals surface area contributed by atoms with E-state index in [1.54, 1.807) is 12.8 Å². The maximum absolute atomic E-state index is 4.49. The average molecular weight is 353 g/mol. The normalized spacial score (nSPS) is 49.2. The van der Waals surface area contributed by atoms with Crippen molar-refractivity contribution >= 4 is 24.8 Å². The van der Waals surface area contributed by atoms with E-state index in [1.807, 2.05) is 12.3 Å². The molecule has 2 bridgehead atoms. The van der Waals surface area contributed by atoms with Gasteiger partial charge in [-0.2, -0.15) is 0 Å². The maximum atomic E-state index is 4.49. The van der Waals surface area contributed by atoms with Crippen molar-refractivity contribution in [1.82, 2.24) is 9.88 Å². The highest BCUT2D eigenvalue weighted by atomic mass is 35.5. The van der Waals surface area contributed by atoms with Crippen LogP contribution in [0.3, 0.4) is 0 Å². The van der Waals surface area contributed by atoms with Gasteiger partial charge in [0.1, 0.15) is 0 Å². The largest absolute Gasteiger partial charge is 0.302 e. The van der Waals surface area contributed by atoms with Crippen molar-refractivity contribution in [3.05, 3.63) is 30.1 Å². The van der Waals surface area contributed by atoms with E-state index < -0.39 is 0 Å². The lowest BCUT2D eigenvalue weighted by atomic mass is 9.58. The van der Waals surface area contributed by atoms with E-state index in [2.05, 4.69) is 29.1 Å². The topological polar surface area (TPSA) is 16.1 Å². The summed E-state index contributed by atoms with van der Waals surface area (Å²) in [6.07, 6.45) is 6.27. The zero-order chi connectivity index (χ0) is 13.7. The highest BCUT2D eigenvalue weighted by Gasteiger charge is 2.80. The van der Waals surface area contributed by atoms with Crippen molar-refractivity contribution in [2.75, 3.05) is 13.6 Å². The molecule has 4 heteroatoms. The first kappa shape index (κ1) is 16.2. The van der Waals surface area contributed by atoms with Crippen LogP contribution in [0.25, 0.3) is 0 Å². The molecule has 2 nitrogen and oxygen atoms in total. The van der Waals surface area contributed by atoms with Gasteiger partial charge in [-0.1, -0.05) is 6.07 Å². The molecule has 1 aromatic rings. The molecule has 0 saturated heterocycles. The van der Waals surface area contributed by atoms with Crippen molar-refractivity contribution in [2.45, 2.75) is 25.3 Å². The second kappa shape index (κ2) is 5.34. The lowest BCUT2D eigenvalue weighted by Crippen LogP contribution is -2.52. The molecule has 5 aliphatic carbocycles.